The third kappa shape index (κ3) is 5.49. The van der Waals surface area contributed by atoms with Crippen LogP contribution in [0.2, 0.25) is 0 Å². The molecule has 0 aromatic heterocycles. The van der Waals surface area contributed by atoms with Crippen LogP contribution in [0.1, 0.15) is 43.0 Å². The summed E-state index contributed by atoms with van der Waals surface area (Å²) >= 11 is 0. The van der Waals surface area contributed by atoms with E-state index in [0.29, 0.717) is 11.7 Å². The fourth-order valence-electron chi connectivity index (χ4n) is 3.19. The summed E-state index contributed by atoms with van der Waals surface area (Å²) in [7, 11) is 0. The zero-order valence-electron chi connectivity index (χ0n) is 18.6. The molecule has 0 saturated carbocycles. The second kappa shape index (κ2) is 9.44. The molecule has 0 saturated heterocycles. The molecule has 0 spiro atoms. The standard InChI is InChI=1S/C29H29NO/c1-7-22-9-11-24(12-10-22)25-13-15-26(16-14-25)28(30-8-2)31-21(3)23-17-19-27(20-18-23)29(4,5)6/h7-20H,1-3H2,4-6H3/b30-28-. The maximum absolute atomic E-state index is 6.04. The van der Waals surface area contributed by atoms with Crippen LogP contribution >= 0.6 is 0 Å². The Morgan fingerprint density at radius 2 is 1.29 bits per heavy atom. The summed E-state index contributed by atoms with van der Waals surface area (Å²) in [5.74, 6) is 1.01. The largest absolute Gasteiger partial charge is 0.438 e. The molecule has 0 aliphatic carbocycles. The van der Waals surface area contributed by atoms with Crippen molar-refractivity contribution in [1.29, 1.82) is 0 Å². The van der Waals surface area contributed by atoms with Gasteiger partial charge in [0.2, 0.25) is 5.90 Å². The van der Waals surface area contributed by atoms with Gasteiger partial charge < -0.3 is 4.74 Å². The van der Waals surface area contributed by atoms with Crippen LogP contribution in [-0.2, 0) is 10.2 Å². The fourth-order valence-corrected chi connectivity index (χ4v) is 3.19. The molecule has 0 N–H and O–H groups in total. The van der Waals surface area contributed by atoms with Crippen molar-refractivity contribution in [2.45, 2.75) is 26.2 Å². The number of hydrogen-bond donors (Lipinski definition) is 0. The summed E-state index contributed by atoms with van der Waals surface area (Å²) in [6, 6.07) is 24.7. The second-order valence-electron chi connectivity index (χ2n) is 8.37. The van der Waals surface area contributed by atoms with Gasteiger partial charge in [-0.1, -0.05) is 107 Å². The highest BCUT2D eigenvalue weighted by molar-refractivity contribution is 5.98. The molecule has 0 aliphatic rings. The quantitative estimate of drug-likeness (QED) is 0.231. The summed E-state index contributed by atoms with van der Waals surface area (Å²) in [6.07, 6.45) is 3.32. The lowest BCUT2D eigenvalue weighted by atomic mass is 9.86. The van der Waals surface area contributed by atoms with Crippen LogP contribution in [0.5, 0.6) is 0 Å². The molecule has 0 heterocycles. The minimum absolute atomic E-state index is 0.101. The van der Waals surface area contributed by atoms with Crippen LogP contribution in [-0.4, -0.2) is 5.90 Å². The smallest absolute Gasteiger partial charge is 0.226 e. The number of ether oxygens (including phenoxy) is 1. The molecule has 0 amide bonds. The van der Waals surface area contributed by atoms with Crippen LogP contribution in [0.25, 0.3) is 23.0 Å². The van der Waals surface area contributed by atoms with E-state index in [1.165, 1.54) is 11.8 Å². The minimum Gasteiger partial charge on any atom is -0.438 e. The Balaban J connectivity index is 1.78. The number of nitrogens with zero attached hydrogens (tertiary/aromatic N) is 1. The van der Waals surface area contributed by atoms with E-state index < -0.39 is 0 Å². The zero-order valence-corrected chi connectivity index (χ0v) is 18.6. The maximum atomic E-state index is 6.04. The van der Waals surface area contributed by atoms with E-state index in [9.17, 15) is 0 Å². The molecule has 3 aromatic rings. The highest BCUT2D eigenvalue weighted by atomic mass is 16.5. The molecule has 0 radical (unpaired) electrons. The monoisotopic (exact) mass is 407 g/mol. The highest BCUT2D eigenvalue weighted by Gasteiger charge is 2.14. The van der Waals surface area contributed by atoms with Crippen molar-refractivity contribution in [2.75, 3.05) is 0 Å². The molecule has 31 heavy (non-hydrogen) atoms. The average Bonchev–Trinajstić information content (AvgIpc) is 2.78. The molecule has 156 valence electrons. The molecule has 0 bridgehead atoms. The molecule has 0 fully saturated rings. The summed E-state index contributed by atoms with van der Waals surface area (Å²) in [6.45, 7) is 18.2. The lowest BCUT2D eigenvalue weighted by Crippen LogP contribution is -2.11. The van der Waals surface area contributed by atoms with Crippen molar-refractivity contribution in [3.63, 3.8) is 0 Å². The normalized spacial score (nSPS) is 11.6. The predicted octanol–water partition coefficient (Wildman–Crippen LogP) is 7.87. The maximum Gasteiger partial charge on any atom is 0.226 e. The molecule has 0 aliphatic heterocycles. The van der Waals surface area contributed by atoms with Gasteiger partial charge in [-0.2, -0.15) is 0 Å². The van der Waals surface area contributed by atoms with Crippen molar-refractivity contribution in [1.82, 2.24) is 0 Å². The van der Waals surface area contributed by atoms with E-state index in [1.54, 1.807) is 0 Å². The third-order valence-electron chi connectivity index (χ3n) is 5.11. The lowest BCUT2D eigenvalue weighted by Gasteiger charge is -2.19. The first kappa shape index (κ1) is 22.0. The van der Waals surface area contributed by atoms with Gasteiger partial charge in [-0.15, -0.1) is 0 Å². The summed E-state index contributed by atoms with van der Waals surface area (Å²) in [5.41, 5.74) is 6.51. The van der Waals surface area contributed by atoms with Gasteiger partial charge in [-0.25, -0.2) is 4.99 Å². The number of rotatable bonds is 6. The van der Waals surface area contributed by atoms with Crippen LogP contribution < -0.4 is 0 Å². The zero-order chi connectivity index (χ0) is 22.4. The Kier molecular flexibility index (Phi) is 6.71. The molecule has 0 atom stereocenters. The van der Waals surface area contributed by atoms with Crippen molar-refractivity contribution >= 4 is 17.7 Å². The van der Waals surface area contributed by atoms with Crippen LogP contribution in [0.15, 0.2) is 104 Å². The van der Waals surface area contributed by atoms with Gasteiger partial charge in [0.1, 0.15) is 5.76 Å². The molecule has 0 unspecified atom stereocenters. The van der Waals surface area contributed by atoms with E-state index in [4.69, 9.17) is 4.74 Å². The molecule has 3 rings (SSSR count). The van der Waals surface area contributed by atoms with Crippen molar-refractivity contribution in [3.8, 4) is 11.1 Å². The van der Waals surface area contributed by atoms with Gasteiger partial charge >= 0.3 is 0 Å². The number of aliphatic imine (C=N–C) groups is 1. The second-order valence-corrected chi connectivity index (χ2v) is 8.37. The Labute approximate surface area is 186 Å². The molecule has 2 heteroatoms. The summed E-state index contributed by atoms with van der Waals surface area (Å²) in [4.78, 5) is 4.33. The van der Waals surface area contributed by atoms with Gasteiger partial charge in [0, 0.05) is 17.3 Å². The van der Waals surface area contributed by atoms with Gasteiger partial charge in [0.15, 0.2) is 0 Å². The number of benzene rings is 3. The van der Waals surface area contributed by atoms with Gasteiger partial charge in [-0.3, -0.25) is 0 Å². The van der Waals surface area contributed by atoms with Crippen LogP contribution in [0.3, 0.4) is 0 Å². The first-order valence-corrected chi connectivity index (χ1v) is 10.3. The average molecular weight is 408 g/mol. The lowest BCUT2D eigenvalue weighted by molar-refractivity contribution is 0.510. The summed E-state index contributed by atoms with van der Waals surface area (Å²) < 4.78 is 6.04. The Bertz CT molecular complexity index is 1090. The first-order chi connectivity index (χ1) is 14.8. The van der Waals surface area contributed by atoms with Gasteiger partial charge in [0.05, 0.1) is 0 Å². The molecule has 2 nitrogen and oxygen atoms in total. The topological polar surface area (TPSA) is 21.6 Å². The van der Waals surface area contributed by atoms with Crippen molar-refractivity contribution in [2.24, 2.45) is 4.99 Å². The minimum atomic E-state index is 0.101. The summed E-state index contributed by atoms with van der Waals surface area (Å²) in [5, 5.41) is 0. The molecular formula is C29H29NO. The fraction of sp³-hybridized carbons (Fsp3) is 0.138. The first-order valence-electron chi connectivity index (χ1n) is 10.3. The van der Waals surface area contributed by atoms with E-state index in [-0.39, 0.29) is 5.41 Å². The third-order valence-corrected chi connectivity index (χ3v) is 5.11. The van der Waals surface area contributed by atoms with E-state index in [0.717, 1.165) is 27.8 Å². The van der Waals surface area contributed by atoms with Crippen molar-refractivity contribution < 1.29 is 4.74 Å². The Morgan fingerprint density at radius 3 is 1.77 bits per heavy atom. The predicted molar refractivity (Wildman–Crippen MR) is 134 cm³/mol. The SMILES string of the molecule is C=C/N=C(\OC(=C)c1ccc(C(C)(C)C)cc1)c1ccc(-c2ccc(C=C)cc2)cc1. The number of hydrogen-bond acceptors (Lipinski definition) is 2. The Hall–Kier alpha value is -3.65. The van der Waals surface area contributed by atoms with E-state index in [1.807, 2.05) is 30.3 Å². The van der Waals surface area contributed by atoms with E-state index >= 15 is 0 Å². The van der Waals surface area contributed by atoms with E-state index in [2.05, 4.69) is 94.0 Å². The Morgan fingerprint density at radius 1 is 0.774 bits per heavy atom. The van der Waals surface area contributed by atoms with Gasteiger partial charge in [-0.05, 0) is 39.8 Å². The van der Waals surface area contributed by atoms with Crippen LogP contribution in [0.4, 0.5) is 0 Å². The molecular weight excluding hydrogens is 378 g/mol. The van der Waals surface area contributed by atoms with Crippen molar-refractivity contribution in [3.05, 3.63) is 121 Å². The molecule has 3 aromatic carbocycles. The van der Waals surface area contributed by atoms with Crippen LogP contribution in [0, 0.1) is 0 Å². The van der Waals surface area contributed by atoms with Gasteiger partial charge in [0.25, 0.3) is 0 Å². The highest BCUT2D eigenvalue weighted by Crippen LogP contribution is 2.26.